The maximum absolute atomic E-state index is 13.0. The summed E-state index contributed by atoms with van der Waals surface area (Å²) in [5.41, 5.74) is 0.495. The molecule has 96 valence electrons. The number of esters is 1. The van der Waals surface area contributed by atoms with Crippen molar-refractivity contribution in [2.45, 2.75) is 19.9 Å². The van der Waals surface area contributed by atoms with Gasteiger partial charge in [-0.05, 0) is 26.0 Å². The molecular weight excluding hydrogens is 239 g/mol. The van der Waals surface area contributed by atoms with Gasteiger partial charge in [-0.3, -0.25) is 0 Å². The zero-order valence-electron chi connectivity index (χ0n) is 10.1. The van der Waals surface area contributed by atoms with Gasteiger partial charge in [-0.1, -0.05) is 0 Å². The van der Waals surface area contributed by atoms with Gasteiger partial charge in [0.25, 0.3) is 0 Å². The molecule has 0 saturated carbocycles. The minimum atomic E-state index is -0.563. The van der Waals surface area contributed by atoms with Crippen molar-refractivity contribution in [3.05, 3.63) is 24.1 Å². The number of rotatable bonds is 4. The van der Waals surface area contributed by atoms with Crippen LogP contribution in [0.3, 0.4) is 0 Å². The first-order valence-electron chi connectivity index (χ1n) is 5.55. The summed E-state index contributed by atoms with van der Waals surface area (Å²) in [7, 11) is 0. The van der Waals surface area contributed by atoms with E-state index in [1.807, 2.05) is 0 Å². The average Bonchev–Trinajstić information content (AvgIpc) is 2.70. The Labute approximate surface area is 103 Å². The Bertz CT molecular complexity index is 569. The van der Waals surface area contributed by atoms with E-state index in [0.29, 0.717) is 12.3 Å². The van der Waals surface area contributed by atoms with Crippen molar-refractivity contribution in [2.75, 3.05) is 11.9 Å². The normalized spacial score (nSPS) is 12.4. The molecule has 18 heavy (non-hydrogen) atoms. The van der Waals surface area contributed by atoms with Crippen LogP contribution in [0.15, 0.2) is 18.3 Å². The molecule has 0 aliphatic rings. The topological polar surface area (TPSA) is 68.5 Å². The van der Waals surface area contributed by atoms with E-state index >= 15 is 0 Å². The third-order valence-electron chi connectivity index (χ3n) is 2.28. The quantitative estimate of drug-likeness (QED) is 0.829. The summed E-state index contributed by atoms with van der Waals surface area (Å²) in [5, 5.41) is 6.80. The molecule has 0 amide bonds. The van der Waals surface area contributed by atoms with Crippen LogP contribution in [0.25, 0.3) is 5.65 Å². The number of carbonyl (C=O) groups is 1. The van der Waals surface area contributed by atoms with Crippen LogP contribution >= 0.6 is 0 Å². The van der Waals surface area contributed by atoms with Crippen molar-refractivity contribution >= 4 is 17.6 Å². The van der Waals surface area contributed by atoms with Crippen LogP contribution in [0.2, 0.25) is 0 Å². The highest BCUT2D eigenvalue weighted by atomic mass is 19.1. The molecule has 2 aromatic rings. The molecule has 2 rings (SSSR count). The highest BCUT2D eigenvalue weighted by Crippen LogP contribution is 2.08. The number of hydrogen-bond acceptors (Lipinski definition) is 5. The molecule has 1 atom stereocenters. The van der Waals surface area contributed by atoms with E-state index in [9.17, 15) is 9.18 Å². The van der Waals surface area contributed by atoms with Crippen molar-refractivity contribution in [3.63, 3.8) is 0 Å². The fraction of sp³-hybridized carbons (Fsp3) is 0.364. The third kappa shape index (κ3) is 2.55. The van der Waals surface area contributed by atoms with E-state index in [4.69, 9.17) is 4.74 Å². The lowest BCUT2D eigenvalue weighted by Gasteiger charge is -2.10. The number of nitrogens with one attached hydrogen (secondary N) is 1. The Morgan fingerprint density at radius 2 is 2.39 bits per heavy atom. The van der Waals surface area contributed by atoms with Gasteiger partial charge in [-0.2, -0.15) is 4.98 Å². The van der Waals surface area contributed by atoms with Crippen molar-refractivity contribution in [1.82, 2.24) is 14.6 Å². The standard InChI is InChI=1S/C11H13FN4O2/c1-3-18-10(17)7(2)13-11-14-9-5-4-8(12)6-16(9)15-11/h4-7H,3H2,1-2H3,(H,13,15). The molecule has 2 heterocycles. The lowest BCUT2D eigenvalue weighted by Crippen LogP contribution is -2.28. The summed E-state index contributed by atoms with van der Waals surface area (Å²) < 4.78 is 19.1. The van der Waals surface area contributed by atoms with Crippen LogP contribution in [0.1, 0.15) is 13.8 Å². The molecule has 0 bridgehead atoms. The summed E-state index contributed by atoms with van der Waals surface area (Å²) in [5.74, 6) is -0.541. The summed E-state index contributed by atoms with van der Waals surface area (Å²) in [6.07, 6.45) is 1.21. The maximum Gasteiger partial charge on any atom is 0.328 e. The Morgan fingerprint density at radius 3 is 3.11 bits per heavy atom. The van der Waals surface area contributed by atoms with E-state index in [-0.39, 0.29) is 11.9 Å². The number of nitrogens with zero attached hydrogens (tertiary/aromatic N) is 3. The Hall–Kier alpha value is -2.18. The molecule has 0 aliphatic heterocycles. The zero-order valence-corrected chi connectivity index (χ0v) is 10.1. The molecule has 7 heteroatoms. The van der Waals surface area contributed by atoms with Gasteiger partial charge in [-0.25, -0.2) is 13.7 Å². The van der Waals surface area contributed by atoms with Crippen LogP contribution < -0.4 is 5.32 Å². The number of ether oxygens (including phenoxy) is 1. The second kappa shape index (κ2) is 4.99. The lowest BCUT2D eigenvalue weighted by atomic mass is 10.3. The lowest BCUT2D eigenvalue weighted by molar-refractivity contribution is -0.143. The Balaban J connectivity index is 2.14. The molecule has 6 nitrogen and oxygen atoms in total. The monoisotopic (exact) mass is 252 g/mol. The largest absolute Gasteiger partial charge is 0.464 e. The molecule has 0 spiro atoms. The summed E-state index contributed by atoms with van der Waals surface area (Å²) in [4.78, 5) is 15.5. The van der Waals surface area contributed by atoms with Crippen molar-refractivity contribution in [3.8, 4) is 0 Å². The number of pyridine rings is 1. The zero-order chi connectivity index (χ0) is 13.1. The van der Waals surface area contributed by atoms with Gasteiger partial charge in [-0.15, -0.1) is 5.10 Å². The molecule has 0 aromatic carbocycles. The van der Waals surface area contributed by atoms with Gasteiger partial charge in [0.2, 0.25) is 5.95 Å². The van der Waals surface area contributed by atoms with Gasteiger partial charge >= 0.3 is 5.97 Å². The van der Waals surface area contributed by atoms with E-state index in [1.165, 1.54) is 22.8 Å². The Kier molecular flexibility index (Phi) is 3.40. The van der Waals surface area contributed by atoms with Gasteiger partial charge in [0.15, 0.2) is 5.65 Å². The molecule has 2 aromatic heterocycles. The van der Waals surface area contributed by atoms with E-state index in [1.54, 1.807) is 13.8 Å². The summed E-state index contributed by atoms with van der Waals surface area (Å²) >= 11 is 0. The average molecular weight is 252 g/mol. The number of carbonyl (C=O) groups excluding carboxylic acids is 1. The number of fused-ring (bicyclic) bond motifs is 1. The van der Waals surface area contributed by atoms with Crippen LogP contribution in [0.4, 0.5) is 10.3 Å². The van der Waals surface area contributed by atoms with Gasteiger partial charge in [0, 0.05) is 0 Å². The van der Waals surface area contributed by atoms with Crippen molar-refractivity contribution in [1.29, 1.82) is 0 Å². The maximum atomic E-state index is 13.0. The Morgan fingerprint density at radius 1 is 1.61 bits per heavy atom. The molecule has 0 saturated heterocycles. The van der Waals surface area contributed by atoms with Crippen LogP contribution in [0.5, 0.6) is 0 Å². The van der Waals surface area contributed by atoms with E-state index < -0.39 is 11.9 Å². The summed E-state index contributed by atoms with van der Waals surface area (Å²) in [6.45, 7) is 3.69. The number of aromatic nitrogens is 3. The minimum Gasteiger partial charge on any atom is -0.464 e. The second-order valence-electron chi connectivity index (χ2n) is 3.70. The smallest absolute Gasteiger partial charge is 0.328 e. The molecule has 1 unspecified atom stereocenters. The summed E-state index contributed by atoms with van der Waals surface area (Å²) in [6, 6.07) is 2.23. The van der Waals surface area contributed by atoms with E-state index in [2.05, 4.69) is 15.4 Å². The fourth-order valence-corrected chi connectivity index (χ4v) is 1.44. The molecular formula is C11H13FN4O2. The first kappa shape index (κ1) is 12.3. The number of hydrogen-bond donors (Lipinski definition) is 1. The van der Waals surface area contributed by atoms with Crippen molar-refractivity contribution < 1.29 is 13.9 Å². The number of anilines is 1. The first-order valence-corrected chi connectivity index (χ1v) is 5.55. The predicted molar refractivity (Wildman–Crippen MR) is 62.7 cm³/mol. The van der Waals surface area contributed by atoms with Gasteiger partial charge in [0.1, 0.15) is 11.9 Å². The van der Waals surface area contributed by atoms with Crippen LogP contribution in [-0.2, 0) is 9.53 Å². The fourth-order valence-electron chi connectivity index (χ4n) is 1.44. The molecule has 0 aliphatic carbocycles. The third-order valence-corrected chi connectivity index (χ3v) is 2.28. The highest BCUT2D eigenvalue weighted by Gasteiger charge is 2.15. The molecule has 0 fully saturated rings. The van der Waals surface area contributed by atoms with E-state index in [0.717, 1.165) is 0 Å². The van der Waals surface area contributed by atoms with Crippen molar-refractivity contribution in [2.24, 2.45) is 0 Å². The van der Waals surface area contributed by atoms with Gasteiger partial charge < -0.3 is 10.1 Å². The SMILES string of the molecule is CCOC(=O)C(C)Nc1nc2ccc(F)cn2n1. The van der Waals surface area contributed by atoms with Crippen LogP contribution in [-0.4, -0.2) is 33.2 Å². The minimum absolute atomic E-state index is 0.251. The predicted octanol–water partition coefficient (Wildman–Crippen LogP) is 1.23. The second-order valence-corrected chi connectivity index (χ2v) is 3.70. The number of halogens is 1. The molecule has 0 radical (unpaired) electrons. The van der Waals surface area contributed by atoms with Gasteiger partial charge in [0.05, 0.1) is 12.8 Å². The first-order chi connectivity index (χ1) is 8.60. The molecule has 1 N–H and O–H groups in total. The van der Waals surface area contributed by atoms with Crippen LogP contribution in [0, 0.1) is 5.82 Å². The highest BCUT2D eigenvalue weighted by molar-refractivity contribution is 5.78.